The van der Waals surface area contributed by atoms with Gasteiger partial charge in [0.25, 0.3) is 0 Å². The number of nitrogens with two attached hydrogens (primary N) is 1. The first kappa shape index (κ1) is 16.5. The number of ether oxygens (including phenoxy) is 2. The lowest BCUT2D eigenvalue weighted by molar-refractivity contribution is -0.0162. The summed E-state index contributed by atoms with van der Waals surface area (Å²) in [4.78, 5) is 20.0. The Morgan fingerprint density at radius 3 is 3.00 bits per heavy atom. The number of nitrogens with zero attached hydrogens (tertiary/aromatic N) is 3. The molecule has 0 bridgehead atoms. The minimum Gasteiger partial charge on any atom is -0.459 e. The van der Waals surface area contributed by atoms with Crippen LogP contribution in [-0.4, -0.2) is 41.0 Å². The van der Waals surface area contributed by atoms with Crippen molar-refractivity contribution < 1.29 is 18.7 Å². The number of nitrogens with one attached hydrogen (secondary N) is 2. The fourth-order valence-electron chi connectivity index (χ4n) is 2.91. The molecule has 3 heterocycles. The van der Waals surface area contributed by atoms with Crippen LogP contribution < -0.4 is 21.7 Å². The maximum absolute atomic E-state index is 14.5. The predicted molar refractivity (Wildman–Crippen MR) is 90.6 cm³/mol. The fourth-order valence-corrected chi connectivity index (χ4v) is 2.91. The van der Waals surface area contributed by atoms with Crippen molar-refractivity contribution in [3.63, 3.8) is 0 Å². The topological polar surface area (TPSA) is 115 Å². The Morgan fingerprint density at radius 2 is 2.19 bits per heavy atom. The molecule has 2 aliphatic rings. The average Bonchev–Trinajstić information content (AvgIpc) is 3.24. The SMILES string of the molecule is Nc1ncnc2c1NNN2[C@@H]1O[C@H](COC(=O)c2ccccc2)C[C@@H]1F. The smallest absolute Gasteiger partial charge is 0.338 e. The highest BCUT2D eigenvalue weighted by Gasteiger charge is 2.43. The van der Waals surface area contributed by atoms with Gasteiger partial charge < -0.3 is 15.2 Å². The highest BCUT2D eigenvalue weighted by molar-refractivity contribution is 5.89. The summed E-state index contributed by atoms with van der Waals surface area (Å²) in [6.45, 7) is -0.0370. The molecule has 0 unspecified atom stereocenters. The molecule has 1 fully saturated rings. The Morgan fingerprint density at radius 1 is 1.38 bits per heavy atom. The number of esters is 1. The summed E-state index contributed by atoms with van der Waals surface area (Å²) in [6.07, 6.45) is -1.41. The number of carbonyl (C=O) groups is 1. The summed E-state index contributed by atoms with van der Waals surface area (Å²) in [6, 6.07) is 8.60. The van der Waals surface area contributed by atoms with E-state index in [1.807, 2.05) is 0 Å². The summed E-state index contributed by atoms with van der Waals surface area (Å²) in [5.41, 5.74) is 12.2. The van der Waals surface area contributed by atoms with Gasteiger partial charge in [-0.05, 0) is 12.1 Å². The van der Waals surface area contributed by atoms with Gasteiger partial charge >= 0.3 is 5.97 Å². The van der Waals surface area contributed by atoms with Gasteiger partial charge in [-0.3, -0.25) is 5.43 Å². The first-order chi connectivity index (χ1) is 12.6. The Kier molecular flexibility index (Phi) is 4.27. The molecule has 0 aliphatic carbocycles. The molecule has 10 heteroatoms. The van der Waals surface area contributed by atoms with Gasteiger partial charge in [0.05, 0.1) is 11.7 Å². The quantitative estimate of drug-likeness (QED) is 0.687. The molecule has 3 atom stereocenters. The minimum absolute atomic E-state index is 0.0370. The number of hydrogen-bond donors (Lipinski definition) is 3. The standard InChI is InChI=1S/C16H17FN6O3/c17-11-6-10(7-25-16(24)9-4-2-1-3-5-9)26-15(11)23-14-12(21-22-23)13(18)19-8-20-14/h1-5,8,10-11,15,21-22H,6-7H2,(H2,18,19,20)/t10-,11-,15+/m0/s1. The zero-order valence-corrected chi connectivity index (χ0v) is 13.6. The molecule has 0 spiro atoms. The first-order valence-corrected chi connectivity index (χ1v) is 8.06. The number of fused-ring (bicyclic) bond motifs is 1. The zero-order valence-electron chi connectivity index (χ0n) is 13.6. The van der Waals surface area contributed by atoms with Crippen molar-refractivity contribution in [3.05, 3.63) is 42.2 Å². The highest BCUT2D eigenvalue weighted by atomic mass is 19.1. The number of anilines is 3. The van der Waals surface area contributed by atoms with Crippen LogP contribution in [0.25, 0.3) is 0 Å². The molecule has 136 valence electrons. The number of carbonyl (C=O) groups excluding carboxylic acids is 1. The summed E-state index contributed by atoms with van der Waals surface area (Å²) in [5, 5.41) is 1.41. The molecule has 2 aliphatic heterocycles. The van der Waals surface area contributed by atoms with Crippen molar-refractivity contribution in [2.75, 3.05) is 22.8 Å². The lowest BCUT2D eigenvalue weighted by Crippen LogP contribution is -2.48. The zero-order chi connectivity index (χ0) is 18.1. The van der Waals surface area contributed by atoms with Gasteiger partial charge in [0.1, 0.15) is 24.8 Å². The Bertz CT molecular complexity index is 808. The molecular weight excluding hydrogens is 343 g/mol. The van der Waals surface area contributed by atoms with Crippen LogP contribution in [-0.2, 0) is 9.47 Å². The first-order valence-electron chi connectivity index (χ1n) is 8.06. The number of rotatable bonds is 4. The van der Waals surface area contributed by atoms with Gasteiger partial charge in [0.15, 0.2) is 17.9 Å². The minimum atomic E-state index is -1.30. The third-order valence-electron chi connectivity index (χ3n) is 4.18. The van der Waals surface area contributed by atoms with E-state index in [1.165, 1.54) is 11.3 Å². The van der Waals surface area contributed by atoms with E-state index in [-0.39, 0.29) is 18.8 Å². The molecule has 2 aromatic rings. The normalized spacial score (nSPS) is 24.2. The van der Waals surface area contributed by atoms with Crippen molar-refractivity contribution in [1.29, 1.82) is 0 Å². The van der Waals surface area contributed by atoms with Crippen LogP contribution in [0.4, 0.5) is 21.7 Å². The summed E-state index contributed by atoms with van der Waals surface area (Å²) in [7, 11) is 0. The number of aromatic nitrogens is 2. The second kappa shape index (κ2) is 6.73. The van der Waals surface area contributed by atoms with E-state index in [0.29, 0.717) is 17.1 Å². The van der Waals surface area contributed by atoms with Gasteiger partial charge in [-0.2, -0.15) is 0 Å². The van der Waals surface area contributed by atoms with E-state index < -0.39 is 24.5 Å². The number of hydrogen-bond acceptors (Lipinski definition) is 9. The van der Waals surface area contributed by atoms with Crippen LogP contribution in [0.1, 0.15) is 16.8 Å². The van der Waals surface area contributed by atoms with E-state index in [1.54, 1.807) is 30.3 Å². The van der Waals surface area contributed by atoms with Crippen molar-refractivity contribution in [3.8, 4) is 0 Å². The number of benzene rings is 1. The van der Waals surface area contributed by atoms with Crippen LogP contribution in [0.15, 0.2) is 36.7 Å². The van der Waals surface area contributed by atoms with Crippen molar-refractivity contribution in [2.24, 2.45) is 0 Å². The third-order valence-corrected chi connectivity index (χ3v) is 4.18. The number of nitrogen functional groups attached to an aromatic ring is 1. The molecule has 1 aromatic carbocycles. The largest absolute Gasteiger partial charge is 0.459 e. The third kappa shape index (κ3) is 3.00. The van der Waals surface area contributed by atoms with Crippen LogP contribution in [0, 0.1) is 0 Å². The van der Waals surface area contributed by atoms with Gasteiger partial charge in [-0.1, -0.05) is 18.2 Å². The van der Waals surface area contributed by atoms with Crippen LogP contribution in [0.3, 0.4) is 0 Å². The van der Waals surface area contributed by atoms with Gasteiger partial charge in [0, 0.05) is 6.42 Å². The molecule has 1 saturated heterocycles. The van der Waals surface area contributed by atoms with Crippen molar-refractivity contribution >= 4 is 23.3 Å². The molecule has 4 N–H and O–H groups in total. The summed E-state index contributed by atoms with van der Waals surface area (Å²) < 4.78 is 25.4. The maximum Gasteiger partial charge on any atom is 0.338 e. The Balaban J connectivity index is 1.39. The van der Waals surface area contributed by atoms with Crippen molar-refractivity contribution in [1.82, 2.24) is 15.5 Å². The molecule has 0 saturated carbocycles. The van der Waals surface area contributed by atoms with Crippen LogP contribution in [0.5, 0.6) is 0 Å². The Hall–Kier alpha value is -2.98. The highest BCUT2D eigenvalue weighted by Crippen LogP contribution is 2.35. The van der Waals surface area contributed by atoms with Crippen LogP contribution in [0.2, 0.25) is 0 Å². The molecular formula is C16H17FN6O3. The predicted octanol–water partition coefficient (Wildman–Crippen LogP) is 1.02. The average molecular weight is 360 g/mol. The molecule has 26 heavy (non-hydrogen) atoms. The molecule has 9 nitrogen and oxygen atoms in total. The lowest BCUT2D eigenvalue weighted by atomic mass is 10.2. The Labute approximate surface area is 148 Å². The van der Waals surface area contributed by atoms with E-state index in [4.69, 9.17) is 15.2 Å². The summed E-state index contributed by atoms with van der Waals surface area (Å²) in [5.74, 6) is 0.165. The van der Waals surface area contributed by atoms with Gasteiger partial charge in [-0.25, -0.2) is 24.2 Å². The van der Waals surface area contributed by atoms with Gasteiger partial charge in [0.2, 0.25) is 0 Å². The fraction of sp³-hybridized carbons (Fsp3) is 0.312. The number of halogens is 1. The van der Waals surface area contributed by atoms with E-state index in [2.05, 4.69) is 20.9 Å². The van der Waals surface area contributed by atoms with Gasteiger partial charge in [-0.15, -0.1) is 5.53 Å². The molecule has 4 rings (SSSR count). The molecule has 1 aromatic heterocycles. The number of hydrazine groups is 2. The van der Waals surface area contributed by atoms with E-state index in [0.717, 1.165) is 0 Å². The molecule has 0 radical (unpaired) electrons. The van der Waals surface area contributed by atoms with E-state index >= 15 is 0 Å². The number of alkyl halides is 1. The summed E-state index contributed by atoms with van der Waals surface area (Å²) >= 11 is 0. The molecule has 0 amide bonds. The maximum atomic E-state index is 14.5. The van der Waals surface area contributed by atoms with Crippen molar-refractivity contribution in [2.45, 2.75) is 24.9 Å². The lowest BCUT2D eigenvalue weighted by Gasteiger charge is -2.25. The van der Waals surface area contributed by atoms with Crippen LogP contribution >= 0.6 is 0 Å². The second-order valence-corrected chi connectivity index (χ2v) is 5.93. The second-order valence-electron chi connectivity index (χ2n) is 5.93. The monoisotopic (exact) mass is 360 g/mol. The van der Waals surface area contributed by atoms with E-state index in [9.17, 15) is 9.18 Å².